The first-order valence-electron chi connectivity index (χ1n) is 7.20. The molecule has 1 saturated carbocycles. The van der Waals surface area contributed by atoms with E-state index in [1.165, 1.54) is 12.8 Å². The first kappa shape index (κ1) is 14.7. The maximum absolute atomic E-state index is 9.81. The number of nitrogens with one attached hydrogen (secondary N) is 1. The Labute approximate surface area is 121 Å². The number of benzene rings is 1. The van der Waals surface area contributed by atoms with E-state index in [4.69, 9.17) is 11.6 Å². The van der Waals surface area contributed by atoms with Crippen molar-refractivity contribution in [1.29, 1.82) is 0 Å². The highest BCUT2D eigenvalue weighted by molar-refractivity contribution is 6.33. The van der Waals surface area contributed by atoms with E-state index in [0.29, 0.717) is 0 Å². The Bertz CT molecular complexity index is 411. The largest absolute Gasteiger partial charge is 0.394 e. The Balaban J connectivity index is 2.07. The molecule has 0 amide bonds. The van der Waals surface area contributed by atoms with E-state index in [-0.39, 0.29) is 12.1 Å². The van der Waals surface area contributed by atoms with Crippen LogP contribution in [0.15, 0.2) is 24.3 Å². The molecule has 1 aromatic rings. The van der Waals surface area contributed by atoms with Crippen LogP contribution in [-0.2, 0) is 0 Å². The first-order chi connectivity index (χ1) is 9.06. The molecule has 2 rings (SSSR count). The summed E-state index contributed by atoms with van der Waals surface area (Å²) in [4.78, 5) is 0. The molecule has 1 aliphatic rings. The monoisotopic (exact) mass is 281 g/mol. The van der Waals surface area contributed by atoms with Gasteiger partial charge in [-0.1, -0.05) is 37.6 Å². The van der Waals surface area contributed by atoms with Gasteiger partial charge in [0.25, 0.3) is 0 Å². The fourth-order valence-corrected chi connectivity index (χ4v) is 3.21. The lowest BCUT2D eigenvalue weighted by Crippen LogP contribution is -2.45. The average molecular weight is 282 g/mol. The van der Waals surface area contributed by atoms with Crippen molar-refractivity contribution in [2.45, 2.75) is 45.1 Å². The summed E-state index contributed by atoms with van der Waals surface area (Å²) in [6, 6.07) is 7.76. The topological polar surface area (TPSA) is 32.3 Å². The van der Waals surface area contributed by atoms with Gasteiger partial charge in [-0.05, 0) is 49.7 Å². The normalized spacial score (nSPS) is 27.5. The number of para-hydroxylation sites is 1. The first-order valence-corrected chi connectivity index (χ1v) is 7.58. The third-order valence-corrected chi connectivity index (χ3v) is 4.84. The summed E-state index contributed by atoms with van der Waals surface area (Å²) in [5.41, 5.74) is 0.734. The number of aliphatic hydroxyl groups is 1. The van der Waals surface area contributed by atoms with Crippen molar-refractivity contribution < 1.29 is 5.11 Å². The van der Waals surface area contributed by atoms with E-state index in [1.807, 2.05) is 24.3 Å². The molecule has 0 atom stereocenters. The van der Waals surface area contributed by atoms with Crippen LogP contribution in [0.4, 0.5) is 5.69 Å². The summed E-state index contributed by atoms with van der Waals surface area (Å²) in [6.07, 6.45) is 4.38. The van der Waals surface area contributed by atoms with Crippen molar-refractivity contribution in [1.82, 2.24) is 0 Å². The Kier molecular flexibility index (Phi) is 4.75. The smallest absolute Gasteiger partial charge is 0.0661 e. The van der Waals surface area contributed by atoms with Crippen LogP contribution in [0.3, 0.4) is 0 Å². The molecule has 1 aliphatic carbocycles. The quantitative estimate of drug-likeness (QED) is 0.861. The van der Waals surface area contributed by atoms with Gasteiger partial charge < -0.3 is 10.4 Å². The highest BCUT2D eigenvalue weighted by Crippen LogP contribution is 2.38. The molecule has 0 aromatic heterocycles. The Morgan fingerprint density at radius 3 is 2.47 bits per heavy atom. The molecular formula is C16H24ClNO. The van der Waals surface area contributed by atoms with E-state index in [0.717, 1.165) is 35.4 Å². The van der Waals surface area contributed by atoms with Crippen LogP contribution in [0, 0.1) is 11.8 Å². The van der Waals surface area contributed by atoms with Crippen molar-refractivity contribution in [3.05, 3.63) is 29.3 Å². The summed E-state index contributed by atoms with van der Waals surface area (Å²) in [6.45, 7) is 4.75. The molecule has 0 spiro atoms. The molecule has 1 fully saturated rings. The molecule has 106 valence electrons. The Morgan fingerprint density at radius 1 is 1.32 bits per heavy atom. The lowest BCUT2D eigenvalue weighted by atomic mass is 9.73. The summed E-state index contributed by atoms with van der Waals surface area (Å²) in [7, 11) is 0. The molecule has 0 unspecified atom stereocenters. The molecule has 3 heteroatoms. The van der Waals surface area contributed by atoms with Crippen LogP contribution in [0.5, 0.6) is 0 Å². The van der Waals surface area contributed by atoms with E-state index >= 15 is 0 Å². The van der Waals surface area contributed by atoms with Crippen LogP contribution in [0.2, 0.25) is 5.02 Å². The predicted molar refractivity (Wildman–Crippen MR) is 81.7 cm³/mol. The fraction of sp³-hybridized carbons (Fsp3) is 0.625. The minimum Gasteiger partial charge on any atom is -0.394 e. The maximum Gasteiger partial charge on any atom is 0.0661 e. The van der Waals surface area contributed by atoms with E-state index in [2.05, 4.69) is 19.2 Å². The number of rotatable bonds is 4. The number of hydrogen-bond donors (Lipinski definition) is 2. The SMILES string of the molecule is CC(C)C1CCC(CO)(Nc2ccccc2Cl)CC1. The third kappa shape index (κ3) is 3.43. The van der Waals surface area contributed by atoms with Crippen molar-refractivity contribution in [3.8, 4) is 0 Å². The summed E-state index contributed by atoms with van der Waals surface area (Å²) in [5.74, 6) is 1.52. The second-order valence-electron chi connectivity index (χ2n) is 6.12. The summed E-state index contributed by atoms with van der Waals surface area (Å²) >= 11 is 6.20. The van der Waals surface area contributed by atoms with Gasteiger partial charge >= 0.3 is 0 Å². The van der Waals surface area contributed by atoms with Gasteiger partial charge in [-0.15, -0.1) is 0 Å². The zero-order valence-electron chi connectivity index (χ0n) is 11.8. The minimum absolute atomic E-state index is 0.170. The van der Waals surface area contributed by atoms with Crippen LogP contribution in [0.25, 0.3) is 0 Å². The van der Waals surface area contributed by atoms with E-state index < -0.39 is 0 Å². The van der Waals surface area contributed by atoms with Gasteiger partial charge in [0.1, 0.15) is 0 Å². The van der Waals surface area contributed by atoms with Crippen LogP contribution in [-0.4, -0.2) is 17.3 Å². The van der Waals surface area contributed by atoms with Gasteiger partial charge in [-0.25, -0.2) is 0 Å². The fourth-order valence-electron chi connectivity index (χ4n) is 3.03. The number of hydrogen-bond acceptors (Lipinski definition) is 2. The van der Waals surface area contributed by atoms with E-state index in [9.17, 15) is 5.11 Å². The standard InChI is InChI=1S/C16H24ClNO/c1-12(2)13-7-9-16(11-19,10-8-13)18-15-6-4-3-5-14(15)17/h3-6,12-13,18-19H,7-11H2,1-2H3. The minimum atomic E-state index is -0.198. The third-order valence-electron chi connectivity index (χ3n) is 4.51. The lowest BCUT2D eigenvalue weighted by molar-refractivity contribution is 0.136. The van der Waals surface area contributed by atoms with Crippen LogP contribution in [0.1, 0.15) is 39.5 Å². The van der Waals surface area contributed by atoms with Crippen molar-refractivity contribution in [2.24, 2.45) is 11.8 Å². The zero-order chi connectivity index (χ0) is 13.9. The molecule has 19 heavy (non-hydrogen) atoms. The van der Waals surface area contributed by atoms with Gasteiger partial charge in [0.2, 0.25) is 0 Å². The van der Waals surface area contributed by atoms with Gasteiger partial charge in [0.15, 0.2) is 0 Å². The lowest BCUT2D eigenvalue weighted by Gasteiger charge is -2.41. The van der Waals surface area contributed by atoms with Crippen LogP contribution < -0.4 is 5.32 Å². The summed E-state index contributed by atoms with van der Waals surface area (Å²) < 4.78 is 0. The second kappa shape index (κ2) is 6.15. The molecule has 0 radical (unpaired) electrons. The van der Waals surface area contributed by atoms with Crippen molar-refractivity contribution in [3.63, 3.8) is 0 Å². The molecule has 0 aliphatic heterocycles. The average Bonchev–Trinajstić information content (AvgIpc) is 2.42. The molecule has 2 nitrogen and oxygen atoms in total. The van der Waals surface area contributed by atoms with Gasteiger partial charge in [0, 0.05) is 0 Å². The number of aliphatic hydroxyl groups excluding tert-OH is 1. The Hall–Kier alpha value is -0.730. The maximum atomic E-state index is 9.81. The van der Waals surface area contributed by atoms with Crippen LogP contribution >= 0.6 is 11.6 Å². The van der Waals surface area contributed by atoms with Gasteiger partial charge in [-0.3, -0.25) is 0 Å². The molecule has 2 N–H and O–H groups in total. The van der Waals surface area contributed by atoms with Gasteiger partial charge in [-0.2, -0.15) is 0 Å². The van der Waals surface area contributed by atoms with Crippen molar-refractivity contribution >= 4 is 17.3 Å². The highest BCUT2D eigenvalue weighted by Gasteiger charge is 2.35. The number of halogens is 1. The zero-order valence-corrected chi connectivity index (χ0v) is 12.6. The predicted octanol–water partition coefficient (Wildman–Crippen LogP) is 4.33. The molecule has 1 aromatic carbocycles. The Morgan fingerprint density at radius 2 is 1.95 bits per heavy atom. The molecule has 0 saturated heterocycles. The molecule has 0 bridgehead atoms. The van der Waals surface area contributed by atoms with Gasteiger partial charge in [0.05, 0.1) is 22.9 Å². The number of anilines is 1. The highest BCUT2D eigenvalue weighted by atomic mass is 35.5. The second-order valence-corrected chi connectivity index (χ2v) is 6.53. The molecular weight excluding hydrogens is 258 g/mol. The molecule has 0 heterocycles. The van der Waals surface area contributed by atoms with Crippen molar-refractivity contribution in [2.75, 3.05) is 11.9 Å². The summed E-state index contributed by atoms with van der Waals surface area (Å²) in [5, 5.41) is 14.0. The van der Waals surface area contributed by atoms with E-state index in [1.54, 1.807) is 0 Å².